The lowest BCUT2D eigenvalue weighted by molar-refractivity contribution is 0.604. The van der Waals surface area contributed by atoms with Crippen LogP contribution >= 0.6 is 0 Å². The first-order valence-electron chi connectivity index (χ1n) is 3.47. The Morgan fingerprint density at radius 1 is 1.62 bits per heavy atom. The maximum Gasteiger partial charge on any atom is -0.0194 e. The van der Waals surface area contributed by atoms with Gasteiger partial charge < -0.3 is 0 Å². The van der Waals surface area contributed by atoms with Crippen LogP contribution in [0.5, 0.6) is 0 Å². The van der Waals surface area contributed by atoms with Crippen LogP contribution in [-0.4, -0.2) is 0 Å². The zero-order valence-electron chi connectivity index (χ0n) is 5.52. The summed E-state index contributed by atoms with van der Waals surface area (Å²) in [6.45, 7) is 4.61. The predicted octanol–water partition coefficient (Wildman–Crippen LogP) is 2.22. The summed E-state index contributed by atoms with van der Waals surface area (Å²) in [6.07, 6.45) is 3.94. The molecule has 0 N–H and O–H groups in total. The first kappa shape index (κ1) is 4.60. The quantitative estimate of drug-likeness (QED) is 0.417. The summed E-state index contributed by atoms with van der Waals surface area (Å²) in [5.41, 5.74) is 1.63. The first-order chi connectivity index (χ1) is 3.79. The van der Waals surface area contributed by atoms with Crippen molar-refractivity contribution in [1.82, 2.24) is 0 Å². The Labute approximate surface area is 50.6 Å². The van der Waals surface area contributed by atoms with Gasteiger partial charge in [0.05, 0.1) is 0 Å². The van der Waals surface area contributed by atoms with E-state index in [1.54, 1.807) is 5.57 Å². The third kappa shape index (κ3) is 0.410. The van der Waals surface area contributed by atoms with Crippen LogP contribution in [0.3, 0.4) is 0 Å². The SMILES string of the molecule is CC1=CC2CC2C1C. The summed E-state index contributed by atoms with van der Waals surface area (Å²) < 4.78 is 0. The molecule has 0 aromatic heterocycles. The molecule has 0 radical (unpaired) electrons. The second-order valence-electron chi connectivity index (χ2n) is 3.26. The lowest BCUT2D eigenvalue weighted by atomic mass is 10.0. The molecule has 0 nitrogen and oxygen atoms in total. The van der Waals surface area contributed by atoms with Gasteiger partial charge >= 0.3 is 0 Å². The second-order valence-corrected chi connectivity index (χ2v) is 3.26. The fraction of sp³-hybridized carbons (Fsp3) is 0.750. The zero-order chi connectivity index (χ0) is 5.72. The van der Waals surface area contributed by atoms with Crippen LogP contribution in [0.15, 0.2) is 11.6 Å². The highest BCUT2D eigenvalue weighted by Gasteiger charge is 2.44. The molecule has 0 heteroatoms. The maximum absolute atomic E-state index is 2.45. The monoisotopic (exact) mass is 108 g/mol. The Bertz CT molecular complexity index is 144. The van der Waals surface area contributed by atoms with E-state index < -0.39 is 0 Å². The molecule has 1 fully saturated rings. The Morgan fingerprint density at radius 3 is 2.62 bits per heavy atom. The minimum atomic E-state index is 0.917. The van der Waals surface area contributed by atoms with Gasteiger partial charge in [-0.3, -0.25) is 0 Å². The van der Waals surface area contributed by atoms with Crippen molar-refractivity contribution in [2.45, 2.75) is 20.3 Å². The van der Waals surface area contributed by atoms with Gasteiger partial charge in [-0.15, -0.1) is 0 Å². The third-order valence-corrected chi connectivity index (χ3v) is 2.73. The molecule has 3 atom stereocenters. The van der Waals surface area contributed by atoms with Crippen molar-refractivity contribution in [1.29, 1.82) is 0 Å². The van der Waals surface area contributed by atoms with Gasteiger partial charge in [-0.1, -0.05) is 18.6 Å². The molecule has 2 aliphatic carbocycles. The first-order valence-corrected chi connectivity index (χ1v) is 3.47. The van der Waals surface area contributed by atoms with E-state index in [-0.39, 0.29) is 0 Å². The molecule has 0 aromatic carbocycles. The van der Waals surface area contributed by atoms with Crippen molar-refractivity contribution >= 4 is 0 Å². The zero-order valence-corrected chi connectivity index (χ0v) is 5.52. The Morgan fingerprint density at radius 2 is 2.38 bits per heavy atom. The van der Waals surface area contributed by atoms with Crippen LogP contribution in [0.1, 0.15) is 20.3 Å². The Balaban J connectivity index is 2.25. The minimum absolute atomic E-state index is 0.917. The van der Waals surface area contributed by atoms with Crippen LogP contribution in [0.25, 0.3) is 0 Å². The topological polar surface area (TPSA) is 0 Å². The van der Waals surface area contributed by atoms with Crippen molar-refractivity contribution in [3.63, 3.8) is 0 Å². The molecule has 2 aliphatic rings. The van der Waals surface area contributed by atoms with Crippen molar-refractivity contribution in [2.75, 3.05) is 0 Å². The van der Waals surface area contributed by atoms with E-state index in [9.17, 15) is 0 Å². The van der Waals surface area contributed by atoms with E-state index in [1.165, 1.54) is 6.42 Å². The van der Waals surface area contributed by atoms with Crippen molar-refractivity contribution in [2.24, 2.45) is 17.8 Å². The summed E-state index contributed by atoms with van der Waals surface area (Å²) in [6, 6.07) is 0. The van der Waals surface area contributed by atoms with Crippen LogP contribution < -0.4 is 0 Å². The highest BCUT2D eigenvalue weighted by molar-refractivity contribution is 5.22. The van der Waals surface area contributed by atoms with Gasteiger partial charge in [0.2, 0.25) is 0 Å². The van der Waals surface area contributed by atoms with E-state index >= 15 is 0 Å². The lowest BCUT2D eigenvalue weighted by Crippen LogP contribution is -1.93. The lowest BCUT2D eigenvalue weighted by Gasteiger charge is -2.03. The van der Waals surface area contributed by atoms with Crippen molar-refractivity contribution < 1.29 is 0 Å². The smallest absolute Gasteiger partial charge is 0.0194 e. The minimum Gasteiger partial charge on any atom is -0.0819 e. The van der Waals surface area contributed by atoms with Gasteiger partial charge in [0.15, 0.2) is 0 Å². The summed E-state index contributed by atoms with van der Waals surface area (Å²) in [5, 5.41) is 0. The molecule has 44 valence electrons. The average molecular weight is 108 g/mol. The Hall–Kier alpha value is -0.260. The van der Waals surface area contributed by atoms with Crippen LogP contribution in [0, 0.1) is 17.8 Å². The molecule has 8 heavy (non-hydrogen) atoms. The predicted molar refractivity (Wildman–Crippen MR) is 34.5 cm³/mol. The second kappa shape index (κ2) is 1.18. The van der Waals surface area contributed by atoms with Crippen LogP contribution in [0.2, 0.25) is 0 Å². The van der Waals surface area contributed by atoms with E-state index in [0.717, 1.165) is 17.8 Å². The molecule has 0 aromatic rings. The van der Waals surface area contributed by atoms with E-state index in [4.69, 9.17) is 0 Å². The molecule has 3 unspecified atom stereocenters. The number of rotatable bonds is 0. The summed E-state index contributed by atoms with van der Waals surface area (Å²) >= 11 is 0. The third-order valence-electron chi connectivity index (χ3n) is 2.73. The molecule has 0 amide bonds. The molecule has 0 heterocycles. The highest BCUT2D eigenvalue weighted by atomic mass is 14.5. The molecule has 0 bridgehead atoms. The van der Waals surface area contributed by atoms with Gasteiger partial charge in [0.25, 0.3) is 0 Å². The number of allylic oxidation sites excluding steroid dienone is 2. The van der Waals surface area contributed by atoms with E-state index in [1.807, 2.05) is 0 Å². The van der Waals surface area contributed by atoms with E-state index in [2.05, 4.69) is 19.9 Å². The number of fused-ring (bicyclic) bond motifs is 1. The standard InChI is InChI=1S/C8H12/c1-5-3-7-4-8(7)6(5)2/h3,6-8H,4H2,1-2H3. The van der Waals surface area contributed by atoms with Gasteiger partial charge in [-0.2, -0.15) is 0 Å². The van der Waals surface area contributed by atoms with E-state index in [0.29, 0.717) is 0 Å². The summed E-state index contributed by atoms with van der Waals surface area (Å²) in [5.74, 6) is 2.99. The van der Waals surface area contributed by atoms with Crippen molar-refractivity contribution in [3.8, 4) is 0 Å². The molecule has 0 aliphatic heterocycles. The van der Waals surface area contributed by atoms with Gasteiger partial charge in [0.1, 0.15) is 0 Å². The molecule has 1 saturated carbocycles. The normalized spacial score (nSPS) is 50.8. The van der Waals surface area contributed by atoms with Crippen molar-refractivity contribution in [3.05, 3.63) is 11.6 Å². The van der Waals surface area contributed by atoms with Crippen LogP contribution in [-0.2, 0) is 0 Å². The molecular weight excluding hydrogens is 96.1 g/mol. The molecule has 2 rings (SSSR count). The average Bonchev–Trinajstić information content (AvgIpc) is 2.39. The fourth-order valence-corrected chi connectivity index (χ4v) is 1.83. The van der Waals surface area contributed by atoms with Gasteiger partial charge in [-0.25, -0.2) is 0 Å². The molecule has 0 saturated heterocycles. The number of hydrogen-bond acceptors (Lipinski definition) is 0. The number of hydrogen-bond donors (Lipinski definition) is 0. The highest BCUT2D eigenvalue weighted by Crippen LogP contribution is 2.53. The van der Waals surface area contributed by atoms with Crippen LogP contribution in [0.4, 0.5) is 0 Å². The van der Waals surface area contributed by atoms with Gasteiger partial charge in [0, 0.05) is 0 Å². The molecule has 0 spiro atoms. The maximum atomic E-state index is 2.45. The largest absolute Gasteiger partial charge is 0.0819 e. The Kier molecular flexibility index (Phi) is 0.677. The van der Waals surface area contributed by atoms with Gasteiger partial charge in [-0.05, 0) is 31.1 Å². The fourth-order valence-electron chi connectivity index (χ4n) is 1.83. The summed E-state index contributed by atoms with van der Waals surface area (Å²) in [4.78, 5) is 0. The summed E-state index contributed by atoms with van der Waals surface area (Å²) in [7, 11) is 0. The molecular formula is C8H12.